The van der Waals surface area contributed by atoms with Crippen LogP contribution in [0.1, 0.15) is 12.8 Å². The Balaban J connectivity index is 1.28. The van der Waals surface area contributed by atoms with Crippen LogP contribution in [-0.4, -0.2) is 51.2 Å². The van der Waals surface area contributed by atoms with Crippen molar-refractivity contribution in [3.05, 3.63) is 41.3 Å². The highest BCUT2D eigenvalue weighted by atomic mass is 35.5. The molecule has 168 valence electrons. The van der Waals surface area contributed by atoms with Gasteiger partial charge in [0, 0.05) is 43.3 Å². The fourth-order valence-corrected chi connectivity index (χ4v) is 4.85. The van der Waals surface area contributed by atoms with Gasteiger partial charge in [-0.25, -0.2) is 9.07 Å². The summed E-state index contributed by atoms with van der Waals surface area (Å²) in [6.45, 7) is 1.81. The predicted molar refractivity (Wildman–Crippen MR) is 117 cm³/mol. The first-order valence-corrected chi connectivity index (χ1v) is 10.8. The average molecular weight is 460 g/mol. The van der Waals surface area contributed by atoms with E-state index in [1.54, 1.807) is 20.4 Å². The summed E-state index contributed by atoms with van der Waals surface area (Å²) in [6.07, 6.45) is 4.04. The summed E-state index contributed by atoms with van der Waals surface area (Å²) in [5.41, 5.74) is 1.02. The van der Waals surface area contributed by atoms with Gasteiger partial charge < -0.3 is 19.7 Å². The second-order valence-corrected chi connectivity index (χ2v) is 8.61. The first kappa shape index (κ1) is 20.7. The Morgan fingerprint density at radius 1 is 1.16 bits per heavy atom. The van der Waals surface area contributed by atoms with Crippen LogP contribution in [0.15, 0.2) is 30.5 Å². The number of benzene rings is 1. The molecular weight excluding hydrogens is 437 g/mol. The summed E-state index contributed by atoms with van der Waals surface area (Å²) in [5, 5.41) is 16.2. The van der Waals surface area contributed by atoms with Gasteiger partial charge in [0.15, 0.2) is 0 Å². The van der Waals surface area contributed by atoms with E-state index in [0.29, 0.717) is 23.7 Å². The van der Waals surface area contributed by atoms with Crippen molar-refractivity contribution in [1.29, 1.82) is 0 Å². The zero-order chi connectivity index (χ0) is 22.2. The molecule has 3 heterocycles. The van der Waals surface area contributed by atoms with Crippen LogP contribution in [0.5, 0.6) is 17.6 Å². The van der Waals surface area contributed by atoms with E-state index >= 15 is 0 Å². The molecule has 1 unspecified atom stereocenters. The Labute approximate surface area is 189 Å². The summed E-state index contributed by atoms with van der Waals surface area (Å²) < 4.78 is 26.0. The van der Waals surface area contributed by atoms with Crippen LogP contribution in [0.2, 0.25) is 5.02 Å². The van der Waals surface area contributed by atoms with E-state index in [4.69, 9.17) is 21.1 Å². The normalized spacial score (nSPS) is 22.1. The highest BCUT2D eigenvalue weighted by Crippen LogP contribution is 2.40. The predicted octanol–water partition coefficient (Wildman–Crippen LogP) is 3.53. The molecular formula is C21H23ClFN7O2. The SMILES string of the molecule is COc1cc(N2C[C@H]3CC[C@@H](C2)C3Nc2nc(Oc3cc(F)cc(Cl)c3)n(C)n2)cnn1. The number of aryl methyl sites for hydroxylation is 1. The molecule has 3 aromatic rings. The van der Waals surface area contributed by atoms with Crippen LogP contribution in [0.3, 0.4) is 0 Å². The van der Waals surface area contributed by atoms with Gasteiger partial charge in [-0.3, -0.25) is 0 Å². The summed E-state index contributed by atoms with van der Waals surface area (Å²) in [7, 11) is 3.32. The minimum absolute atomic E-state index is 0.255. The molecule has 2 aromatic heterocycles. The van der Waals surface area contributed by atoms with Crippen molar-refractivity contribution in [3.63, 3.8) is 0 Å². The molecule has 2 fully saturated rings. The summed E-state index contributed by atoms with van der Waals surface area (Å²) in [4.78, 5) is 6.80. The van der Waals surface area contributed by atoms with Gasteiger partial charge in [-0.2, -0.15) is 10.1 Å². The first-order chi connectivity index (χ1) is 15.5. The quantitative estimate of drug-likeness (QED) is 0.598. The standard InChI is InChI=1S/C21H23ClFN7O2/c1-29-21(32-17-6-14(22)5-15(23)7-17)26-20(28-29)25-19-12-3-4-13(19)11-30(10-12)16-8-18(31-2)27-24-9-16/h5-9,12-13,19H,3-4,10-11H2,1-2H3,(H,25,28)/t12-,13+,19?. The van der Waals surface area contributed by atoms with E-state index in [2.05, 4.69) is 30.5 Å². The number of hydrogen-bond acceptors (Lipinski definition) is 8. The monoisotopic (exact) mass is 459 g/mol. The second kappa shape index (κ2) is 8.42. The number of fused-ring (bicyclic) bond motifs is 2. The first-order valence-electron chi connectivity index (χ1n) is 10.4. The van der Waals surface area contributed by atoms with Crippen LogP contribution >= 0.6 is 11.6 Å². The van der Waals surface area contributed by atoms with E-state index in [-0.39, 0.29) is 22.8 Å². The van der Waals surface area contributed by atoms with Gasteiger partial charge in [0.05, 0.1) is 19.0 Å². The van der Waals surface area contributed by atoms with Gasteiger partial charge in [-0.1, -0.05) is 11.6 Å². The molecule has 32 heavy (non-hydrogen) atoms. The van der Waals surface area contributed by atoms with Crippen LogP contribution in [0.25, 0.3) is 0 Å². The number of piperidine rings is 1. The van der Waals surface area contributed by atoms with Gasteiger partial charge in [0.1, 0.15) is 11.6 Å². The molecule has 11 heteroatoms. The van der Waals surface area contributed by atoms with Gasteiger partial charge in [0.2, 0.25) is 11.8 Å². The molecule has 9 nitrogen and oxygen atoms in total. The van der Waals surface area contributed by atoms with Crippen molar-refractivity contribution in [2.75, 3.05) is 30.4 Å². The Morgan fingerprint density at radius 3 is 2.66 bits per heavy atom. The molecule has 1 aliphatic heterocycles. The smallest absolute Gasteiger partial charge is 0.321 e. The Kier molecular flexibility index (Phi) is 5.46. The second-order valence-electron chi connectivity index (χ2n) is 8.18. The molecule has 2 aliphatic rings. The van der Waals surface area contributed by atoms with Crippen molar-refractivity contribution in [2.45, 2.75) is 18.9 Å². The van der Waals surface area contributed by atoms with Crippen LogP contribution in [-0.2, 0) is 7.05 Å². The molecule has 0 spiro atoms. The molecule has 3 atom stereocenters. The van der Waals surface area contributed by atoms with E-state index in [1.807, 2.05) is 6.07 Å². The number of nitrogens with zero attached hydrogens (tertiary/aromatic N) is 6. The van der Waals surface area contributed by atoms with Crippen LogP contribution in [0.4, 0.5) is 16.0 Å². The third kappa shape index (κ3) is 4.14. The van der Waals surface area contributed by atoms with Gasteiger partial charge in [0.25, 0.3) is 0 Å². The number of ether oxygens (including phenoxy) is 2. The van der Waals surface area contributed by atoms with E-state index in [9.17, 15) is 4.39 Å². The largest absolute Gasteiger partial charge is 0.480 e. The van der Waals surface area contributed by atoms with Crippen molar-refractivity contribution < 1.29 is 13.9 Å². The highest BCUT2D eigenvalue weighted by Gasteiger charge is 2.42. The van der Waals surface area contributed by atoms with Crippen molar-refractivity contribution in [2.24, 2.45) is 18.9 Å². The summed E-state index contributed by atoms with van der Waals surface area (Å²) >= 11 is 5.91. The molecule has 1 N–H and O–H groups in total. The van der Waals surface area contributed by atoms with Gasteiger partial charge >= 0.3 is 6.01 Å². The van der Waals surface area contributed by atoms with Crippen molar-refractivity contribution >= 4 is 23.2 Å². The number of hydrogen-bond donors (Lipinski definition) is 1. The van der Waals surface area contributed by atoms with E-state index in [1.165, 1.54) is 22.9 Å². The highest BCUT2D eigenvalue weighted by molar-refractivity contribution is 6.30. The number of aromatic nitrogens is 5. The maximum absolute atomic E-state index is 13.6. The number of rotatable bonds is 6. The molecule has 1 saturated heterocycles. The molecule has 1 aliphatic carbocycles. The third-order valence-corrected chi connectivity index (χ3v) is 6.31. The van der Waals surface area contributed by atoms with Crippen molar-refractivity contribution in [3.8, 4) is 17.6 Å². The lowest BCUT2D eigenvalue weighted by Gasteiger charge is -2.39. The maximum Gasteiger partial charge on any atom is 0.321 e. The minimum atomic E-state index is -0.474. The number of anilines is 2. The third-order valence-electron chi connectivity index (χ3n) is 6.09. The number of halogens is 2. The number of methoxy groups -OCH3 is 1. The van der Waals surface area contributed by atoms with Gasteiger partial charge in [-0.05, 0) is 36.8 Å². The maximum atomic E-state index is 13.6. The number of nitrogens with one attached hydrogen (secondary N) is 1. The van der Waals surface area contributed by atoms with Crippen LogP contribution < -0.4 is 19.7 Å². The molecule has 2 bridgehead atoms. The lowest BCUT2D eigenvalue weighted by molar-refractivity contribution is 0.373. The van der Waals surface area contributed by atoms with Gasteiger partial charge in [-0.15, -0.1) is 10.2 Å². The van der Waals surface area contributed by atoms with Crippen molar-refractivity contribution in [1.82, 2.24) is 25.0 Å². The average Bonchev–Trinajstić information content (AvgIpc) is 3.20. The molecule has 1 saturated carbocycles. The lowest BCUT2D eigenvalue weighted by Crippen LogP contribution is -2.48. The van der Waals surface area contributed by atoms with Crippen LogP contribution in [0, 0.1) is 17.7 Å². The zero-order valence-electron chi connectivity index (χ0n) is 17.7. The molecule has 5 rings (SSSR count). The molecule has 0 amide bonds. The fraction of sp³-hybridized carbons (Fsp3) is 0.429. The summed E-state index contributed by atoms with van der Waals surface area (Å²) in [5.74, 6) is 1.70. The minimum Gasteiger partial charge on any atom is -0.480 e. The summed E-state index contributed by atoms with van der Waals surface area (Å²) in [6, 6.07) is 6.45. The van der Waals surface area contributed by atoms with E-state index in [0.717, 1.165) is 31.6 Å². The lowest BCUT2D eigenvalue weighted by atomic mass is 9.92. The Hall–Kier alpha value is -3.14. The molecule has 1 aromatic carbocycles. The Bertz CT molecular complexity index is 1090. The molecule has 0 radical (unpaired) electrons. The Morgan fingerprint density at radius 2 is 1.94 bits per heavy atom. The van der Waals surface area contributed by atoms with E-state index < -0.39 is 5.82 Å². The fourth-order valence-electron chi connectivity index (χ4n) is 4.64. The zero-order valence-corrected chi connectivity index (χ0v) is 18.5. The topological polar surface area (TPSA) is 90.2 Å².